The van der Waals surface area contributed by atoms with Gasteiger partial charge in [0.15, 0.2) is 0 Å². The summed E-state index contributed by atoms with van der Waals surface area (Å²) in [6.07, 6.45) is 0. The lowest BCUT2D eigenvalue weighted by molar-refractivity contribution is 0.306. The van der Waals surface area contributed by atoms with Crippen molar-refractivity contribution in [3.05, 3.63) is 56.5 Å². The molecule has 0 saturated heterocycles. The highest BCUT2D eigenvalue weighted by atomic mass is 79.9. The summed E-state index contributed by atoms with van der Waals surface area (Å²) >= 11 is 15.3. The fourth-order valence-corrected chi connectivity index (χ4v) is 2.42. The van der Waals surface area contributed by atoms with Crippen molar-refractivity contribution < 1.29 is 4.74 Å². The third-order valence-electron chi connectivity index (χ3n) is 2.29. The summed E-state index contributed by atoms with van der Waals surface area (Å²) in [5, 5.41) is 0.894. The van der Waals surface area contributed by atoms with E-state index in [1.807, 2.05) is 18.2 Å². The molecule has 5 heteroatoms. The molecule has 0 amide bonds. The van der Waals surface area contributed by atoms with Crippen LogP contribution in [0.3, 0.4) is 0 Å². The summed E-state index contributed by atoms with van der Waals surface area (Å²) in [7, 11) is 0. The second-order valence-corrected chi connectivity index (χ2v) is 5.43. The molecular formula is C13H10BrCl2NO. The maximum Gasteiger partial charge on any atom is 0.139 e. The van der Waals surface area contributed by atoms with Gasteiger partial charge in [0.1, 0.15) is 17.4 Å². The summed E-state index contributed by atoms with van der Waals surface area (Å²) in [4.78, 5) is 0. The first-order valence-corrected chi connectivity index (χ1v) is 6.73. The minimum Gasteiger partial charge on any atom is -0.487 e. The average Bonchev–Trinajstić information content (AvgIpc) is 2.30. The first-order chi connectivity index (χ1) is 8.56. The standard InChI is InChI=1S/C13H10BrCl2NO/c14-9-4-8(5-10(17)6-9)7-18-12-3-1-2-11(15)13(12)16/h1-6H,7,17H2. The smallest absolute Gasteiger partial charge is 0.139 e. The van der Waals surface area contributed by atoms with Gasteiger partial charge in [-0.3, -0.25) is 0 Å². The quantitative estimate of drug-likeness (QED) is 0.801. The summed E-state index contributed by atoms with van der Waals surface area (Å²) in [6, 6.07) is 10.9. The Morgan fingerprint density at radius 1 is 1.17 bits per heavy atom. The molecule has 2 rings (SSSR count). The molecule has 0 saturated carbocycles. The van der Waals surface area contributed by atoms with Gasteiger partial charge in [0.05, 0.1) is 5.02 Å². The van der Waals surface area contributed by atoms with E-state index in [-0.39, 0.29) is 0 Å². The number of anilines is 1. The Morgan fingerprint density at radius 3 is 2.67 bits per heavy atom. The molecule has 2 aromatic rings. The second-order valence-electron chi connectivity index (χ2n) is 3.73. The molecule has 0 bridgehead atoms. The minimum atomic E-state index is 0.379. The zero-order valence-electron chi connectivity index (χ0n) is 9.29. The number of halogens is 3. The number of ether oxygens (including phenoxy) is 1. The van der Waals surface area contributed by atoms with Gasteiger partial charge >= 0.3 is 0 Å². The van der Waals surface area contributed by atoms with Gasteiger partial charge in [-0.25, -0.2) is 0 Å². The van der Waals surface area contributed by atoms with Crippen molar-refractivity contribution in [2.45, 2.75) is 6.61 Å². The van der Waals surface area contributed by atoms with Crippen molar-refractivity contribution in [1.82, 2.24) is 0 Å². The number of nitrogens with two attached hydrogens (primary N) is 1. The molecule has 18 heavy (non-hydrogen) atoms. The Labute approximate surface area is 124 Å². The molecule has 2 N–H and O–H groups in total. The minimum absolute atomic E-state index is 0.379. The monoisotopic (exact) mass is 345 g/mol. The number of hydrogen-bond donors (Lipinski definition) is 1. The molecule has 0 aliphatic carbocycles. The van der Waals surface area contributed by atoms with Gasteiger partial charge in [-0.05, 0) is 35.9 Å². The fraction of sp³-hybridized carbons (Fsp3) is 0.0769. The van der Waals surface area contributed by atoms with Crippen molar-refractivity contribution in [2.24, 2.45) is 0 Å². The van der Waals surface area contributed by atoms with Gasteiger partial charge in [-0.2, -0.15) is 0 Å². The Morgan fingerprint density at radius 2 is 1.94 bits per heavy atom. The largest absolute Gasteiger partial charge is 0.487 e. The predicted octanol–water partition coefficient (Wildman–Crippen LogP) is 4.92. The Kier molecular flexibility index (Phi) is 4.38. The van der Waals surface area contributed by atoms with Crippen molar-refractivity contribution >= 4 is 44.8 Å². The van der Waals surface area contributed by atoms with Crippen LogP contribution in [-0.2, 0) is 6.61 Å². The van der Waals surface area contributed by atoms with E-state index in [2.05, 4.69) is 15.9 Å². The summed E-state index contributed by atoms with van der Waals surface area (Å²) in [5.74, 6) is 0.558. The van der Waals surface area contributed by atoms with Gasteiger partial charge in [0.25, 0.3) is 0 Å². The van der Waals surface area contributed by atoms with Crippen LogP contribution in [0.4, 0.5) is 5.69 Å². The number of rotatable bonds is 3. The van der Waals surface area contributed by atoms with Crippen LogP contribution < -0.4 is 10.5 Å². The third-order valence-corrected chi connectivity index (χ3v) is 3.55. The van der Waals surface area contributed by atoms with Crippen LogP contribution in [0.15, 0.2) is 40.9 Å². The SMILES string of the molecule is Nc1cc(Br)cc(COc2cccc(Cl)c2Cl)c1. The summed E-state index contributed by atoms with van der Waals surface area (Å²) < 4.78 is 6.54. The van der Waals surface area contributed by atoms with E-state index >= 15 is 0 Å². The molecule has 0 heterocycles. The second kappa shape index (κ2) is 5.83. The zero-order chi connectivity index (χ0) is 13.1. The third kappa shape index (κ3) is 3.31. The van der Waals surface area contributed by atoms with E-state index in [1.165, 1.54) is 0 Å². The molecule has 0 radical (unpaired) electrons. The zero-order valence-corrected chi connectivity index (χ0v) is 12.4. The normalized spacial score (nSPS) is 10.4. The van der Waals surface area contributed by atoms with Gasteiger partial charge in [-0.1, -0.05) is 45.2 Å². The van der Waals surface area contributed by atoms with E-state index in [9.17, 15) is 0 Å². The topological polar surface area (TPSA) is 35.2 Å². The van der Waals surface area contributed by atoms with Gasteiger partial charge in [-0.15, -0.1) is 0 Å². The molecule has 2 nitrogen and oxygen atoms in total. The maximum atomic E-state index is 6.03. The van der Waals surface area contributed by atoms with Crippen LogP contribution in [0.25, 0.3) is 0 Å². The predicted molar refractivity (Wildman–Crippen MR) is 79.3 cm³/mol. The lowest BCUT2D eigenvalue weighted by atomic mass is 10.2. The van der Waals surface area contributed by atoms with Crippen LogP contribution in [0.2, 0.25) is 10.0 Å². The maximum absolute atomic E-state index is 6.03. The molecule has 0 aliphatic rings. The summed E-state index contributed by atoms with van der Waals surface area (Å²) in [6.45, 7) is 0.379. The Bertz CT molecular complexity index is 555. The highest BCUT2D eigenvalue weighted by molar-refractivity contribution is 9.10. The molecule has 94 valence electrons. The molecule has 0 atom stereocenters. The van der Waals surface area contributed by atoms with E-state index in [1.54, 1.807) is 18.2 Å². The number of benzene rings is 2. The highest BCUT2D eigenvalue weighted by Gasteiger charge is 2.06. The molecular weight excluding hydrogens is 337 g/mol. The molecule has 0 fully saturated rings. The molecule has 2 aromatic carbocycles. The first-order valence-electron chi connectivity index (χ1n) is 5.18. The van der Waals surface area contributed by atoms with E-state index in [0.717, 1.165) is 10.0 Å². The van der Waals surface area contributed by atoms with Crippen LogP contribution in [0.1, 0.15) is 5.56 Å². The van der Waals surface area contributed by atoms with Gasteiger partial charge in [0, 0.05) is 10.2 Å². The van der Waals surface area contributed by atoms with Crippen LogP contribution in [-0.4, -0.2) is 0 Å². The summed E-state index contributed by atoms with van der Waals surface area (Å²) in [5.41, 5.74) is 7.39. The lowest BCUT2D eigenvalue weighted by Crippen LogP contribution is -1.97. The van der Waals surface area contributed by atoms with E-state index < -0.39 is 0 Å². The molecule has 0 aliphatic heterocycles. The molecule has 0 aromatic heterocycles. The van der Waals surface area contributed by atoms with Crippen molar-refractivity contribution in [3.63, 3.8) is 0 Å². The van der Waals surface area contributed by atoms with Gasteiger partial charge < -0.3 is 10.5 Å². The van der Waals surface area contributed by atoms with E-state index in [0.29, 0.717) is 28.1 Å². The lowest BCUT2D eigenvalue weighted by Gasteiger charge is -2.09. The van der Waals surface area contributed by atoms with Crippen molar-refractivity contribution in [2.75, 3.05) is 5.73 Å². The Balaban J connectivity index is 2.14. The number of hydrogen-bond acceptors (Lipinski definition) is 2. The fourth-order valence-electron chi connectivity index (χ4n) is 1.52. The Hall–Kier alpha value is -0.900. The highest BCUT2D eigenvalue weighted by Crippen LogP contribution is 2.32. The average molecular weight is 347 g/mol. The van der Waals surface area contributed by atoms with Gasteiger partial charge in [0.2, 0.25) is 0 Å². The van der Waals surface area contributed by atoms with Crippen LogP contribution in [0.5, 0.6) is 5.75 Å². The van der Waals surface area contributed by atoms with Crippen LogP contribution >= 0.6 is 39.1 Å². The van der Waals surface area contributed by atoms with E-state index in [4.69, 9.17) is 33.7 Å². The van der Waals surface area contributed by atoms with Crippen molar-refractivity contribution in [3.8, 4) is 5.75 Å². The number of nitrogen functional groups attached to an aromatic ring is 1. The molecule has 0 spiro atoms. The molecule has 0 unspecified atom stereocenters. The first kappa shape index (κ1) is 13.5. The van der Waals surface area contributed by atoms with Crippen molar-refractivity contribution in [1.29, 1.82) is 0 Å². The van der Waals surface area contributed by atoms with Crippen LogP contribution in [0, 0.1) is 0 Å².